The van der Waals surface area contributed by atoms with Gasteiger partial charge < -0.3 is 20.0 Å². The van der Waals surface area contributed by atoms with Crippen LogP contribution >= 0.6 is 0 Å². The lowest BCUT2D eigenvalue weighted by atomic mass is 9.94. The molecule has 4 rings (SSSR count). The van der Waals surface area contributed by atoms with Crippen molar-refractivity contribution < 1.29 is 28.2 Å². The van der Waals surface area contributed by atoms with Gasteiger partial charge in [0.2, 0.25) is 5.88 Å². The van der Waals surface area contributed by atoms with Gasteiger partial charge in [0.25, 0.3) is 0 Å². The fraction of sp³-hybridized carbons (Fsp3) is 0.320. The van der Waals surface area contributed by atoms with Gasteiger partial charge in [-0.2, -0.15) is 0 Å². The molecular formula is C25H26F2N5O4-. The summed E-state index contributed by atoms with van der Waals surface area (Å²) in [4.78, 5) is 25.8. The normalized spacial score (nSPS) is 17.7. The highest BCUT2D eigenvalue weighted by molar-refractivity contribution is 5.90. The summed E-state index contributed by atoms with van der Waals surface area (Å²) in [5, 5.41) is 21.3. The molecule has 3 aromatic rings. The second kappa shape index (κ2) is 10.7. The number of rotatable bonds is 8. The van der Waals surface area contributed by atoms with Gasteiger partial charge in [0.1, 0.15) is 5.82 Å². The first-order chi connectivity index (χ1) is 17.3. The number of hydrogen-bond donors (Lipinski definition) is 2. The summed E-state index contributed by atoms with van der Waals surface area (Å²) < 4.78 is 34.6. The number of carboxylic acids is 1. The van der Waals surface area contributed by atoms with E-state index in [2.05, 4.69) is 15.7 Å². The van der Waals surface area contributed by atoms with Crippen molar-refractivity contribution in [3.8, 4) is 11.6 Å². The number of carbonyl (C=O) groups is 2. The molecule has 1 aliphatic heterocycles. The van der Waals surface area contributed by atoms with Crippen LogP contribution in [0.1, 0.15) is 24.0 Å². The van der Waals surface area contributed by atoms with E-state index in [1.807, 2.05) is 37.3 Å². The fourth-order valence-electron chi connectivity index (χ4n) is 4.39. The molecule has 2 aromatic carbocycles. The number of benzene rings is 2. The third-order valence-electron chi connectivity index (χ3n) is 6.03. The zero-order valence-corrected chi connectivity index (χ0v) is 19.8. The number of halogens is 2. The number of aromatic nitrogens is 2. The summed E-state index contributed by atoms with van der Waals surface area (Å²) in [5.74, 6) is -2.96. The molecular weight excluding hydrogens is 472 g/mol. The van der Waals surface area contributed by atoms with Crippen molar-refractivity contribution in [2.45, 2.75) is 25.8 Å². The summed E-state index contributed by atoms with van der Waals surface area (Å²) in [6.45, 7) is 4.06. The number of hydrogen-bond acceptors (Lipinski definition) is 6. The first kappa shape index (κ1) is 25.1. The Morgan fingerprint density at radius 1 is 1.14 bits per heavy atom. The van der Waals surface area contributed by atoms with Gasteiger partial charge in [0.15, 0.2) is 11.6 Å². The van der Waals surface area contributed by atoms with E-state index in [4.69, 9.17) is 4.74 Å². The van der Waals surface area contributed by atoms with Crippen molar-refractivity contribution in [1.82, 2.24) is 20.0 Å². The predicted molar refractivity (Wildman–Crippen MR) is 126 cm³/mol. The number of carboxylic acid groups (broad SMARTS) is 1. The molecule has 0 saturated carbocycles. The molecule has 11 heteroatoms. The molecule has 2 atom stereocenters. The second-order valence-electron chi connectivity index (χ2n) is 8.51. The van der Waals surface area contributed by atoms with E-state index in [0.29, 0.717) is 35.1 Å². The molecule has 0 aliphatic carbocycles. The summed E-state index contributed by atoms with van der Waals surface area (Å²) in [6, 6.07) is 11.6. The van der Waals surface area contributed by atoms with Crippen LogP contribution in [0.3, 0.4) is 0 Å². The molecule has 1 saturated heterocycles. The molecule has 1 fully saturated rings. The van der Waals surface area contributed by atoms with Gasteiger partial charge in [0.05, 0.1) is 29.9 Å². The van der Waals surface area contributed by atoms with Gasteiger partial charge in [-0.05, 0) is 43.7 Å². The Kier molecular flexibility index (Phi) is 7.49. The first-order valence-corrected chi connectivity index (χ1v) is 11.5. The van der Waals surface area contributed by atoms with Crippen molar-refractivity contribution >= 4 is 17.8 Å². The highest BCUT2D eigenvalue weighted by Crippen LogP contribution is 2.30. The van der Waals surface area contributed by atoms with Crippen molar-refractivity contribution in [3.05, 3.63) is 71.3 Å². The van der Waals surface area contributed by atoms with Crippen molar-refractivity contribution in [2.75, 3.05) is 31.6 Å². The number of carbonyl (C=O) groups excluding carboxylic acids is 2. The maximum atomic E-state index is 13.9. The van der Waals surface area contributed by atoms with Crippen molar-refractivity contribution in [1.29, 1.82) is 0 Å². The van der Waals surface area contributed by atoms with Gasteiger partial charge >= 0.3 is 6.03 Å². The lowest BCUT2D eigenvalue weighted by Gasteiger charge is -2.21. The Labute approximate surface area is 206 Å². The molecule has 2 amide bonds. The first-order valence-electron chi connectivity index (χ1n) is 11.5. The van der Waals surface area contributed by atoms with Crippen molar-refractivity contribution in [3.63, 3.8) is 0 Å². The minimum atomic E-state index is -1.27. The van der Waals surface area contributed by atoms with Crippen LogP contribution in [-0.2, 0) is 4.79 Å². The van der Waals surface area contributed by atoms with Crippen LogP contribution < -0.4 is 20.5 Å². The van der Waals surface area contributed by atoms with E-state index in [1.165, 1.54) is 6.07 Å². The lowest BCUT2D eigenvalue weighted by Crippen LogP contribution is -2.43. The Morgan fingerprint density at radius 2 is 1.89 bits per heavy atom. The standard InChI is InChI=1S/C25H27F2N5O4/c1-3-36-24-15(2)23(32(30-24)17-7-5-4-6-8-17)29-25(35)28-21-13-31(14-22(33)34)12-18(21)16-9-10-19(26)20(27)11-16/h4-11,18,21H,3,12-14H2,1-2H3,(H,33,34)(H2,28,29,35)/p-1/t18-,21+/m0/s1. The maximum absolute atomic E-state index is 13.9. The quantitative estimate of drug-likeness (QED) is 0.493. The number of ether oxygens (including phenoxy) is 1. The topological polar surface area (TPSA) is 112 Å². The summed E-state index contributed by atoms with van der Waals surface area (Å²) in [5.41, 5.74) is 1.78. The molecule has 1 aliphatic rings. The molecule has 0 bridgehead atoms. The van der Waals surface area contributed by atoms with E-state index in [0.717, 1.165) is 12.1 Å². The third-order valence-corrected chi connectivity index (χ3v) is 6.03. The van der Waals surface area contributed by atoms with E-state index >= 15 is 0 Å². The summed E-state index contributed by atoms with van der Waals surface area (Å²) in [7, 11) is 0. The largest absolute Gasteiger partial charge is 0.549 e. The van der Waals surface area contributed by atoms with Crippen molar-refractivity contribution in [2.24, 2.45) is 0 Å². The second-order valence-corrected chi connectivity index (χ2v) is 8.51. The Bertz CT molecular complexity index is 1250. The molecule has 0 spiro atoms. The van der Waals surface area contributed by atoms with Crippen LogP contribution in [0.4, 0.5) is 19.4 Å². The fourth-order valence-corrected chi connectivity index (χ4v) is 4.39. The molecule has 190 valence electrons. The number of nitrogens with one attached hydrogen (secondary N) is 2. The number of urea groups is 1. The number of likely N-dealkylation sites (tertiary alicyclic amines) is 1. The Morgan fingerprint density at radius 3 is 2.56 bits per heavy atom. The maximum Gasteiger partial charge on any atom is 0.320 e. The highest BCUT2D eigenvalue weighted by Gasteiger charge is 2.35. The van der Waals surface area contributed by atoms with Crippen LogP contribution in [0.5, 0.6) is 5.88 Å². The molecule has 2 N–H and O–H groups in total. The van der Waals surface area contributed by atoms with Gasteiger partial charge in [-0.25, -0.2) is 18.3 Å². The lowest BCUT2D eigenvalue weighted by molar-refractivity contribution is -0.306. The highest BCUT2D eigenvalue weighted by atomic mass is 19.2. The predicted octanol–water partition coefficient (Wildman–Crippen LogP) is 2.20. The SMILES string of the molecule is CCOc1nn(-c2ccccc2)c(NC(=O)N[C@@H]2CN(CC(=O)[O-])C[C@H]2c2ccc(F)c(F)c2)c1C. The number of anilines is 1. The molecule has 2 heterocycles. The van der Waals surface area contributed by atoms with Crippen LogP contribution in [-0.4, -0.2) is 59.0 Å². The molecule has 0 radical (unpaired) electrons. The Hall–Kier alpha value is -3.99. The van der Waals surface area contributed by atoms with E-state index in [1.54, 1.807) is 16.5 Å². The average Bonchev–Trinajstić information content (AvgIpc) is 3.37. The zero-order valence-electron chi connectivity index (χ0n) is 19.8. The van der Waals surface area contributed by atoms with Gasteiger partial charge in [-0.15, -0.1) is 5.10 Å². The van der Waals surface area contributed by atoms with Crippen LogP contribution in [0.2, 0.25) is 0 Å². The van der Waals surface area contributed by atoms with Crippen LogP contribution in [0.15, 0.2) is 48.5 Å². The van der Waals surface area contributed by atoms with E-state index in [-0.39, 0.29) is 19.6 Å². The minimum absolute atomic E-state index is 0.187. The summed E-state index contributed by atoms with van der Waals surface area (Å²) in [6.07, 6.45) is 0. The Balaban J connectivity index is 1.58. The number of nitrogens with zero attached hydrogens (tertiary/aromatic N) is 3. The van der Waals surface area contributed by atoms with Crippen LogP contribution in [0, 0.1) is 18.6 Å². The van der Waals surface area contributed by atoms with Gasteiger partial charge in [0, 0.05) is 25.6 Å². The smallest absolute Gasteiger partial charge is 0.320 e. The monoisotopic (exact) mass is 498 g/mol. The number of amides is 2. The molecule has 0 unspecified atom stereocenters. The van der Waals surface area contributed by atoms with Gasteiger partial charge in [-0.1, -0.05) is 24.3 Å². The van der Waals surface area contributed by atoms with Crippen LogP contribution in [0.25, 0.3) is 5.69 Å². The zero-order chi connectivity index (χ0) is 25.8. The average molecular weight is 499 g/mol. The molecule has 1 aromatic heterocycles. The number of aliphatic carboxylic acids is 1. The van der Waals surface area contributed by atoms with Gasteiger partial charge in [-0.3, -0.25) is 10.2 Å². The number of para-hydroxylation sites is 1. The molecule has 9 nitrogen and oxygen atoms in total. The third kappa shape index (κ3) is 5.46. The minimum Gasteiger partial charge on any atom is -0.549 e. The summed E-state index contributed by atoms with van der Waals surface area (Å²) >= 11 is 0. The molecule has 36 heavy (non-hydrogen) atoms. The van der Waals surface area contributed by atoms with E-state index < -0.39 is 35.6 Å². The van der Waals surface area contributed by atoms with E-state index in [9.17, 15) is 23.5 Å².